The first-order chi connectivity index (χ1) is 16.3. The average molecular weight is 538 g/mol. The highest BCUT2D eigenvalue weighted by Crippen LogP contribution is 2.61. The second kappa shape index (κ2) is 7.88. The lowest BCUT2D eigenvalue weighted by Gasteiger charge is -2.24. The molecule has 1 amide bonds. The summed E-state index contributed by atoms with van der Waals surface area (Å²) in [6.45, 7) is 2.68. The summed E-state index contributed by atoms with van der Waals surface area (Å²) in [5.74, 6) is -5.18. The number of ether oxygens (including phenoxy) is 1. The zero-order valence-corrected chi connectivity index (χ0v) is 20.6. The van der Waals surface area contributed by atoms with Crippen molar-refractivity contribution in [3.05, 3.63) is 40.8 Å². The number of sulfone groups is 1. The normalized spacial score (nSPS) is 25.0. The number of amides is 1. The van der Waals surface area contributed by atoms with Gasteiger partial charge in [-0.2, -0.15) is 22.0 Å². The van der Waals surface area contributed by atoms with Crippen LogP contribution in [0.5, 0.6) is 5.75 Å². The van der Waals surface area contributed by atoms with Crippen molar-refractivity contribution in [1.82, 2.24) is 10.1 Å². The van der Waals surface area contributed by atoms with E-state index < -0.39 is 62.0 Å². The number of nitrogens with zero attached hydrogens (tertiary/aromatic N) is 2. The number of carbonyl (C=O) groups is 1. The lowest BCUT2D eigenvalue weighted by Crippen LogP contribution is -2.37. The van der Waals surface area contributed by atoms with Crippen molar-refractivity contribution in [3.8, 4) is 5.75 Å². The number of aromatic nitrogens is 1. The van der Waals surface area contributed by atoms with Gasteiger partial charge in [0.05, 0.1) is 21.6 Å². The molecule has 1 aromatic heterocycles. The first kappa shape index (κ1) is 26.3. The summed E-state index contributed by atoms with van der Waals surface area (Å²) >= 11 is 0. The number of hydrogen-bond acceptors (Lipinski definition) is 7. The standard InChI is InChI=1S/C22H24F5N3O5S/c1-11-16(29-35-17(11)19(3,23)24)20-8-21(20,28)10-30(9-20)18(31)14-7-13(36(4,32)33)5-6-15(14)34-12(2)22(25,26)27/h5-7,12H,8-10,28H2,1-4H3. The topological polar surface area (TPSA) is 116 Å². The molecule has 1 saturated heterocycles. The number of piperidine rings is 1. The molecule has 2 N–H and O–H groups in total. The summed E-state index contributed by atoms with van der Waals surface area (Å²) in [6, 6.07) is 2.99. The van der Waals surface area contributed by atoms with Crippen molar-refractivity contribution in [1.29, 1.82) is 0 Å². The highest BCUT2D eigenvalue weighted by atomic mass is 32.2. The van der Waals surface area contributed by atoms with Crippen LogP contribution in [0.15, 0.2) is 27.6 Å². The smallest absolute Gasteiger partial charge is 0.425 e. The highest BCUT2D eigenvalue weighted by Gasteiger charge is 2.73. The number of halogens is 5. The number of carbonyl (C=O) groups excluding carboxylic acids is 1. The molecular formula is C22H24F5N3O5S. The summed E-state index contributed by atoms with van der Waals surface area (Å²) < 4.78 is 101. The highest BCUT2D eigenvalue weighted by molar-refractivity contribution is 7.90. The molecule has 2 aliphatic rings. The summed E-state index contributed by atoms with van der Waals surface area (Å²) in [6.07, 6.45) is -5.80. The molecule has 0 bridgehead atoms. The largest absolute Gasteiger partial charge is 0.480 e. The monoisotopic (exact) mass is 537 g/mol. The molecule has 0 radical (unpaired) electrons. The van der Waals surface area contributed by atoms with Gasteiger partial charge in [-0.05, 0) is 38.5 Å². The van der Waals surface area contributed by atoms with Crippen LogP contribution in [0.4, 0.5) is 22.0 Å². The van der Waals surface area contributed by atoms with Crippen LogP contribution < -0.4 is 10.5 Å². The van der Waals surface area contributed by atoms with Gasteiger partial charge in [-0.15, -0.1) is 0 Å². The zero-order chi connectivity index (χ0) is 27.1. The molecule has 1 saturated carbocycles. The van der Waals surface area contributed by atoms with Gasteiger partial charge in [0.1, 0.15) is 5.75 Å². The van der Waals surface area contributed by atoms with Gasteiger partial charge < -0.3 is 19.9 Å². The van der Waals surface area contributed by atoms with E-state index in [1.807, 2.05) is 0 Å². The fraction of sp³-hybridized carbons (Fsp3) is 0.545. The van der Waals surface area contributed by atoms with Crippen LogP contribution in [0.1, 0.15) is 47.6 Å². The molecule has 8 nitrogen and oxygen atoms in total. The van der Waals surface area contributed by atoms with E-state index in [-0.39, 0.29) is 29.2 Å². The van der Waals surface area contributed by atoms with Gasteiger partial charge in [0.25, 0.3) is 5.91 Å². The summed E-state index contributed by atoms with van der Waals surface area (Å²) in [5, 5.41) is 3.82. The summed E-state index contributed by atoms with van der Waals surface area (Å²) in [7, 11) is -3.81. The quantitative estimate of drug-likeness (QED) is 0.562. The third kappa shape index (κ3) is 4.23. The molecule has 1 aromatic carbocycles. The number of fused-ring (bicyclic) bond motifs is 1. The van der Waals surface area contributed by atoms with Gasteiger partial charge in [0.2, 0.25) is 5.76 Å². The molecule has 3 atom stereocenters. The number of hydrogen-bond donors (Lipinski definition) is 1. The third-order valence-electron chi connectivity index (χ3n) is 6.82. The van der Waals surface area contributed by atoms with Crippen LogP contribution in [-0.4, -0.2) is 61.5 Å². The molecule has 2 fully saturated rings. The fourth-order valence-electron chi connectivity index (χ4n) is 4.80. The fourth-order valence-corrected chi connectivity index (χ4v) is 5.45. The van der Waals surface area contributed by atoms with Crippen molar-refractivity contribution in [2.24, 2.45) is 5.73 Å². The second-order valence-corrected chi connectivity index (χ2v) is 11.7. The zero-order valence-electron chi connectivity index (χ0n) is 19.7. The van der Waals surface area contributed by atoms with E-state index in [0.717, 1.165) is 31.4 Å². The maximum Gasteiger partial charge on any atom is 0.425 e. The molecule has 14 heteroatoms. The Hall–Kier alpha value is -2.74. The van der Waals surface area contributed by atoms with E-state index in [2.05, 4.69) is 5.16 Å². The van der Waals surface area contributed by atoms with Crippen molar-refractivity contribution in [3.63, 3.8) is 0 Å². The Bertz CT molecular complexity index is 1340. The van der Waals surface area contributed by atoms with Crippen molar-refractivity contribution >= 4 is 15.7 Å². The number of nitrogens with two attached hydrogens (primary N) is 1. The Labute approximate surface area is 203 Å². The van der Waals surface area contributed by atoms with E-state index in [1.54, 1.807) is 0 Å². The molecule has 1 aliphatic heterocycles. The van der Waals surface area contributed by atoms with E-state index in [9.17, 15) is 35.2 Å². The van der Waals surface area contributed by atoms with Crippen molar-refractivity contribution < 1.29 is 44.4 Å². The van der Waals surface area contributed by atoms with Crippen LogP contribution in [0.3, 0.4) is 0 Å². The number of rotatable bonds is 6. The maximum absolute atomic E-state index is 13.9. The number of likely N-dealkylation sites (tertiary alicyclic amines) is 1. The molecule has 2 aromatic rings. The summed E-state index contributed by atoms with van der Waals surface area (Å²) in [5.41, 5.74) is 4.32. The van der Waals surface area contributed by atoms with Gasteiger partial charge >= 0.3 is 12.1 Å². The van der Waals surface area contributed by atoms with E-state index >= 15 is 0 Å². The van der Waals surface area contributed by atoms with E-state index in [1.165, 1.54) is 11.8 Å². The predicted octanol–water partition coefficient (Wildman–Crippen LogP) is 3.32. The Morgan fingerprint density at radius 3 is 2.42 bits per heavy atom. The lowest BCUT2D eigenvalue weighted by atomic mass is 9.94. The van der Waals surface area contributed by atoms with Crippen molar-refractivity contribution in [2.45, 2.75) is 61.2 Å². The minimum atomic E-state index is -4.74. The lowest BCUT2D eigenvalue weighted by molar-refractivity contribution is -0.189. The van der Waals surface area contributed by atoms with Crippen LogP contribution in [0.25, 0.3) is 0 Å². The Balaban J connectivity index is 1.70. The third-order valence-corrected chi connectivity index (χ3v) is 7.93. The average Bonchev–Trinajstić information content (AvgIpc) is 3.00. The molecule has 1 aliphatic carbocycles. The van der Waals surface area contributed by atoms with Gasteiger partial charge in [-0.1, -0.05) is 5.16 Å². The van der Waals surface area contributed by atoms with Crippen LogP contribution >= 0.6 is 0 Å². The Morgan fingerprint density at radius 2 is 1.89 bits per heavy atom. The maximum atomic E-state index is 13.9. The minimum absolute atomic E-state index is 0.0622. The molecular weight excluding hydrogens is 513 g/mol. The van der Waals surface area contributed by atoms with Gasteiger partial charge in [0, 0.05) is 37.4 Å². The first-order valence-electron chi connectivity index (χ1n) is 10.8. The SMILES string of the molecule is Cc1c(C23CN(C(=O)c4cc(S(C)(=O)=O)ccc4OC(C)C(F)(F)F)CC2(N)C3)noc1C(C)(F)F. The van der Waals surface area contributed by atoms with Gasteiger partial charge in [-0.25, -0.2) is 8.42 Å². The van der Waals surface area contributed by atoms with Crippen LogP contribution in [0, 0.1) is 6.92 Å². The molecule has 0 spiro atoms. The molecule has 3 unspecified atom stereocenters. The van der Waals surface area contributed by atoms with Crippen LogP contribution in [0.2, 0.25) is 0 Å². The second-order valence-electron chi connectivity index (χ2n) is 9.68. The minimum Gasteiger partial charge on any atom is -0.480 e. The van der Waals surface area contributed by atoms with E-state index in [0.29, 0.717) is 13.3 Å². The molecule has 4 rings (SSSR count). The number of benzene rings is 1. The molecule has 198 valence electrons. The Morgan fingerprint density at radius 1 is 1.25 bits per heavy atom. The molecule has 2 heterocycles. The van der Waals surface area contributed by atoms with E-state index in [4.69, 9.17) is 15.0 Å². The first-order valence-corrected chi connectivity index (χ1v) is 12.7. The Kier molecular flexibility index (Phi) is 5.76. The number of alkyl halides is 5. The van der Waals surface area contributed by atoms with Crippen molar-refractivity contribution in [2.75, 3.05) is 19.3 Å². The van der Waals surface area contributed by atoms with Crippen LogP contribution in [-0.2, 0) is 21.2 Å². The van der Waals surface area contributed by atoms with Gasteiger partial charge in [0.15, 0.2) is 15.9 Å². The summed E-state index contributed by atoms with van der Waals surface area (Å²) in [4.78, 5) is 14.4. The van der Waals surface area contributed by atoms with Gasteiger partial charge in [-0.3, -0.25) is 4.79 Å². The predicted molar refractivity (Wildman–Crippen MR) is 116 cm³/mol. The molecule has 36 heavy (non-hydrogen) atoms.